The molecular weight excluding hydrogens is 206 g/mol. The summed E-state index contributed by atoms with van der Waals surface area (Å²) >= 11 is 0. The number of imidazole rings is 1. The van der Waals surface area contributed by atoms with E-state index in [1.807, 2.05) is 11.5 Å². The number of aryl methyl sites for hydroxylation is 1. The fourth-order valence-corrected chi connectivity index (χ4v) is 2.04. The Hall–Kier alpha value is -1.52. The molecule has 1 saturated carbocycles. The minimum Gasteiger partial charge on any atom is -0.464 e. The summed E-state index contributed by atoms with van der Waals surface area (Å²) < 4.78 is 6.66. The number of rotatable bonds is 3. The highest BCUT2D eigenvalue weighted by Crippen LogP contribution is 2.35. The highest BCUT2D eigenvalue weighted by Gasteiger charge is 2.28. The number of ether oxygens (including phenoxy) is 1. The molecule has 1 heterocycles. The Bertz CT molecular complexity index is 408. The number of nitrogen functional groups attached to an aromatic ring is 1. The Balaban J connectivity index is 2.41. The van der Waals surface area contributed by atoms with Crippen molar-refractivity contribution >= 4 is 11.8 Å². The number of hydrogen-bond donors (Lipinski definition) is 1. The second-order valence-electron chi connectivity index (χ2n) is 4.06. The lowest BCUT2D eigenvalue weighted by atomic mass is 9.92. The van der Waals surface area contributed by atoms with Gasteiger partial charge in [0.15, 0.2) is 5.69 Å². The van der Waals surface area contributed by atoms with Crippen LogP contribution < -0.4 is 5.73 Å². The summed E-state index contributed by atoms with van der Waals surface area (Å²) in [7, 11) is 1.34. The van der Waals surface area contributed by atoms with Gasteiger partial charge in [0, 0.05) is 12.5 Å². The van der Waals surface area contributed by atoms with Crippen LogP contribution in [-0.4, -0.2) is 22.6 Å². The van der Waals surface area contributed by atoms with Gasteiger partial charge in [0.05, 0.1) is 7.11 Å². The van der Waals surface area contributed by atoms with Crippen LogP contribution in [0.25, 0.3) is 0 Å². The maximum atomic E-state index is 11.5. The molecule has 0 bridgehead atoms. The summed E-state index contributed by atoms with van der Waals surface area (Å²) in [4.78, 5) is 15.7. The third kappa shape index (κ3) is 1.56. The molecule has 0 radical (unpaired) electrons. The van der Waals surface area contributed by atoms with Crippen LogP contribution in [0.5, 0.6) is 0 Å². The van der Waals surface area contributed by atoms with Gasteiger partial charge in [-0.1, -0.05) is 6.92 Å². The summed E-state index contributed by atoms with van der Waals surface area (Å²) in [6.07, 6.45) is 4.24. The molecule has 1 fully saturated rings. The van der Waals surface area contributed by atoms with E-state index >= 15 is 0 Å². The number of esters is 1. The fraction of sp³-hybridized carbons (Fsp3) is 0.636. The quantitative estimate of drug-likeness (QED) is 0.789. The van der Waals surface area contributed by atoms with E-state index in [4.69, 9.17) is 5.73 Å². The lowest BCUT2D eigenvalue weighted by molar-refractivity contribution is 0.0595. The number of nitrogens with zero attached hydrogens (tertiary/aromatic N) is 2. The molecule has 1 aliphatic carbocycles. The molecule has 2 rings (SSSR count). The van der Waals surface area contributed by atoms with Gasteiger partial charge in [-0.05, 0) is 19.3 Å². The van der Waals surface area contributed by atoms with Crippen LogP contribution in [0.1, 0.15) is 48.5 Å². The topological polar surface area (TPSA) is 70.1 Å². The van der Waals surface area contributed by atoms with Crippen LogP contribution in [0.4, 0.5) is 5.82 Å². The molecule has 1 aromatic rings. The zero-order chi connectivity index (χ0) is 11.7. The van der Waals surface area contributed by atoms with Crippen LogP contribution in [0.2, 0.25) is 0 Å². The Morgan fingerprint density at radius 3 is 2.75 bits per heavy atom. The van der Waals surface area contributed by atoms with E-state index in [2.05, 4.69) is 9.72 Å². The maximum Gasteiger partial charge on any atom is 0.360 e. The first-order valence-corrected chi connectivity index (χ1v) is 5.63. The molecule has 0 aromatic carbocycles. The van der Waals surface area contributed by atoms with Crippen LogP contribution in [0.15, 0.2) is 0 Å². The number of carbonyl (C=O) groups excluding carboxylic acids is 1. The third-order valence-corrected chi connectivity index (χ3v) is 3.16. The fourth-order valence-electron chi connectivity index (χ4n) is 2.04. The molecule has 0 amide bonds. The number of anilines is 1. The van der Waals surface area contributed by atoms with Crippen molar-refractivity contribution in [1.82, 2.24) is 9.55 Å². The highest BCUT2D eigenvalue weighted by molar-refractivity contribution is 5.92. The van der Waals surface area contributed by atoms with E-state index < -0.39 is 5.97 Å². The second kappa shape index (κ2) is 4.15. The second-order valence-corrected chi connectivity index (χ2v) is 4.06. The van der Waals surface area contributed by atoms with Crippen molar-refractivity contribution < 1.29 is 9.53 Å². The van der Waals surface area contributed by atoms with Gasteiger partial charge in [-0.3, -0.25) is 0 Å². The highest BCUT2D eigenvalue weighted by atomic mass is 16.5. The standard InChI is InChI=1S/C11H17N3O2/c1-3-8-13-9(11(15)16-2)10(12)14(8)7-5-4-6-7/h7H,3-6,12H2,1-2H3. The molecule has 1 aliphatic rings. The van der Waals surface area contributed by atoms with Crippen molar-refractivity contribution in [3.63, 3.8) is 0 Å². The van der Waals surface area contributed by atoms with Gasteiger partial charge in [0.1, 0.15) is 11.6 Å². The molecule has 0 atom stereocenters. The van der Waals surface area contributed by atoms with E-state index in [0.717, 1.165) is 25.1 Å². The number of hydrogen-bond acceptors (Lipinski definition) is 4. The summed E-state index contributed by atoms with van der Waals surface area (Å²) in [6.45, 7) is 2.01. The van der Waals surface area contributed by atoms with Gasteiger partial charge < -0.3 is 15.0 Å². The molecule has 5 nitrogen and oxygen atoms in total. The SMILES string of the molecule is CCc1nc(C(=O)OC)c(N)n1C1CCC1. The van der Waals surface area contributed by atoms with Gasteiger partial charge in [-0.25, -0.2) is 9.78 Å². The number of methoxy groups -OCH3 is 1. The van der Waals surface area contributed by atoms with E-state index in [1.165, 1.54) is 13.5 Å². The zero-order valence-electron chi connectivity index (χ0n) is 9.69. The number of aromatic nitrogens is 2. The van der Waals surface area contributed by atoms with Crippen molar-refractivity contribution in [3.8, 4) is 0 Å². The Labute approximate surface area is 94.6 Å². The molecule has 0 spiro atoms. The molecule has 1 aromatic heterocycles. The largest absolute Gasteiger partial charge is 0.464 e. The first-order chi connectivity index (χ1) is 7.69. The third-order valence-electron chi connectivity index (χ3n) is 3.16. The van der Waals surface area contributed by atoms with Gasteiger partial charge in [0.25, 0.3) is 0 Å². The first kappa shape index (κ1) is 11.0. The van der Waals surface area contributed by atoms with Crippen LogP contribution in [0.3, 0.4) is 0 Å². The molecule has 5 heteroatoms. The van der Waals surface area contributed by atoms with E-state index in [-0.39, 0.29) is 5.69 Å². The monoisotopic (exact) mass is 223 g/mol. The van der Waals surface area contributed by atoms with Crippen molar-refractivity contribution in [2.24, 2.45) is 0 Å². The average Bonchev–Trinajstić information content (AvgIpc) is 2.54. The number of nitrogens with two attached hydrogens (primary N) is 1. The normalized spacial score (nSPS) is 15.9. The minimum atomic E-state index is -0.453. The molecule has 2 N–H and O–H groups in total. The molecule has 16 heavy (non-hydrogen) atoms. The van der Waals surface area contributed by atoms with Gasteiger partial charge in [-0.2, -0.15) is 0 Å². The summed E-state index contributed by atoms with van der Waals surface area (Å²) in [5, 5.41) is 0. The van der Waals surface area contributed by atoms with Crippen molar-refractivity contribution in [2.45, 2.75) is 38.6 Å². The van der Waals surface area contributed by atoms with Crippen LogP contribution in [-0.2, 0) is 11.2 Å². The smallest absolute Gasteiger partial charge is 0.360 e. The Kier molecular flexibility index (Phi) is 2.85. The van der Waals surface area contributed by atoms with E-state index in [0.29, 0.717) is 11.9 Å². The molecular formula is C11H17N3O2. The van der Waals surface area contributed by atoms with Crippen molar-refractivity contribution in [2.75, 3.05) is 12.8 Å². The van der Waals surface area contributed by atoms with E-state index in [9.17, 15) is 4.79 Å². The summed E-state index contributed by atoms with van der Waals surface area (Å²) in [5.41, 5.74) is 6.22. The summed E-state index contributed by atoms with van der Waals surface area (Å²) in [5.74, 6) is 0.876. The number of carbonyl (C=O) groups is 1. The Morgan fingerprint density at radius 1 is 1.62 bits per heavy atom. The van der Waals surface area contributed by atoms with Gasteiger partial charge in [-0.15, -0.1) is 0 Å². The van der Waals surface area contributed by atoms with Crippen molar-refractivity contribution in [1.29, 1.82) is 0 Å². The predicted molar refractivity (Wildman–Crippen MR) is 60.2 cm³/mol. The lowest BCUT2D eigenvalue weighted by Crippen LogP contribution is -2.21. The average molecular weight is 223 g/mol. The Morgan fingerprint density at radius 2 is 2.31 bits per heavy atom. The molecule has 88 valence electrons. The lowest BCUT2D eigenvalue weighted by Gasteiger charge is -2.29. The van der Waals surface area contributed by atoms with E-state index in [1.54, 1.807) is 0 Å². The zero-order valence-corrected chi connectivity index (χ0v) is 9.69. The summed E-state index contributed by atoms with van der Waals surface area (Å²) in [6, 6.07) is 0.417. The molecule has 0 saturated heterocycles. The van der Waals surface area contributed by atoms with Crippen molar-refractivity contribution in [3.05, 3.63) is 11.5 Å². The first-order valence-electron chi connectivity index (χ1n) is 5.63. The molecule has 0 aliphatic heterocycles. The van der Waals surface area contributed by atoms with Gasteiger partial charge >= 0.3 is 5.97 Å². The molecule has 0 unspecified atom stereocenters. The van der Waals surface area contributed by atoms with Crippen LogP contribution >= 0.6 is 0 Å². The van der Waals surface area contributed by atoms with Gasteiger partial charge in [0.2, 0.25) is 0 Å². The minimum absolute atomic E-state index is 0.256. The maximum absolute atomic E-state index is 11.5. The van der Waals surface area contributed by atoms with Crippen LogP contribution in [0, 0.1) is 0 Å². The predicted octanol–water partition coefficient (Wildman–Crippen LogP) is 1.54.